The van der Waals surface area contributed by atoms with Gasteiger partial charge in [0.1, 0.15) is 5.75 Å². The number of para-hydroxylation sites is 1. The van der Waals surface area contributed by atoms with Crippen LogP contribution in [0.4, 0.5) is 0 Å². The number of nitrogens with one attached hydrogen (secondary N) is 1. The number of nitrogens with zero attached hydrogens (tertiary/aromatic N) is 1. The molecule has 0 amide bonds. The molecule has 5 nitrogen and oxygen atoms in total. The van der Waals surface area contributed by atoms with Gasteiger partial charge in [-0.25, -0.2) is 4.98 Å². The minimum absolute atomic E-state index is 0.205. The monoisotopic (exact) mass is 204 g/mol. The number of hydrogen-bond donors (Lipinski definition) is 2. The number of ether oxygens (including phenoxy) is 1. The molecule has 0 radical (unpaired) electrons. The molecule has 15 heavy (non-hydrogen) atoms. The number of benzene rings is 1. The maximum Gasteiger partial charge on any atom is 0.297 e. The molecule has 0 fully saturated rings. The van der Waals surface area contributed by atoms with Gasteiger partial charge in [-0.1, -0.05) is 18.2 Å². The van der Waals surface area contributed by atoms with Crippen molar-refractivity contribution in [2.24, 2.45) is 0 Å². The van der Waals surface area contributed by atoms with Crippen LogP contribution in [0.15, 0.2) is 41.5 Å². The molecule has 2 rings (SSSR count). The molecule has 2 aromatic rings. The predicted molar refractivity (Wildman–Crippen MR) is 53.0 cm³/mol. The molecule has 1 aromatic heterocycles. The Morgan fingerprint density at radius 2 is 2.00 bits per heavy atom. The standard InChI is InChI=1S/C10H8N2O3/c13-9-8(10(14)12-6-11-9)15-7-4-2-1-3-5-7/h1-6H,(H2,11,12,13,14). The summed E-state index contributed by atoms with van der Waals surface area (Å²) in [7, 11) is 0. The lowest BCUT2D eigenvalue weighted by Crippen LogP contribution is -2.08. The number of hydrogen-bond acceptors (Lipinski definition) is 4. The first-order chi connectivity index (χ1) is 7.27. The van der Waals surface area contributed by atoms with E-state index < -0.39 is 11.4 Å². The highest BCUT2D eigenvalue weighted by molar-refractivity contribution is 5.34. The third-order valence-electron chi connectivity index (χ3n) is 1.75. The first-order valence-electron chi connectivity index (χ1n) is 4.27. The van der Waals surface area contributed by atoms with Gasteiger partial charge >= 0.3 is 0 Å². The second-order valence-electron chi connectivity index (χ2n) is 2.80. The first-order valence-corrected chi connectivity index (χ1v) is 4.27. The summed E-state index contributed by atoms with van der Waals surface area (Å²) in [5.41, 5.74) is -0.522. The molecule has 0 saturated carbocycles. The third-order valence-corrected chi connectivity index (χ3v) is 1.75. The van der Waals surface area contributed by atoms with E-state index >= 15 is 0 Å². The molecule has 76 valence electrons. The average molecular weight is 204 g/mol. The van der Waals surface area contributed by atoms with Crippen LogP contribution in [0.5, 0.6) is 17.4 Å². The van der Waals surface area contributed by atoms with Crippen LogP contribution in [0.2, 0.25) is 0 Å². The summed E-state index contributed by atoms with van der Waals surface area (Å²) < 4.78 is 5.18. The molecule has 1 aromatic carbocycles. The van der Waals surface area contributed by atoms with Crippen molar-refractivity contribution in [1.29, 1.82) is 0 Å². The highest BCUT2D eigenvalue weighted by Crippen LogP contribution is 2.23. The summed E-state index contributed by atoms with van der Waals surface area (Å²) in [5.74, 6) is -0.169. The van der Waals surface area contributed by atoms with E-state index in [9.17, 15) is 9.90 Å². The predicted octanol–water partition coefficient (Wildman–Crippen LogP) is 1.27. The fourth-order valence-electron chi connectivity index (χ4n) is 1.08. The molecular formula is C10H8N2O3. The van der Waals surface area contributed by atoms with Gasteiger partial charge in [0, 0.05) is 0 Å². The zero-order valence-electron chi connectivity index (χ0n) is 7.68. The molecule has 1 heterocycles. The Morgan fingerprint density at radius 1 is 1.27 bits per heavy atom. The molecule has 0 aliphatic rings. The van der Waals surface area contributed by atoms with Gasteiger partial charge in [-0.2, -0.15) is 0 Å². The molecule has 0 aliphatic carbocycles. The van der Waals surface area contributed by atoms with Gasteiger partial charge in [0.05, 0.1) is 6.33 Å². The van der Waals surface area contributed by atoms with E-state index in [2.05, 4.69) is 9.97 Å². The van der Waals surface area contributed by atoms with Crippen molar-refractivity contribution in [2.75, 3.05) is 0 Å². The minimum Gasteiger partial charge on any atom is -0.490 e. The lowest BCUT2D eigenvalue weighted by Gasteiger charge is -2.04. The molecule has 0 bridgehead atoms. The van der Waals surface area contributed by atoms with Crippen molar-refractivity contribution in [1.82, 2.24) is 9.97 Å². The van der Waals surface area contributed by atoms with E-state index in [1.165, 1.54) is 0 Å². The summed E-state index contributed by atoms with van der Waals surface area (Å²) in [6, 6.07) is 8.69. The highest BCUT2D eigenvalue weighted by atomic mass is 16.5. The van der Waals surface area contributed by atoms with Gasteiger partial charge in [0.2, 0.25) is 0 Å². The zero-order chi connectivity index (χ0) is 10.7. The largest absolute Gasteiger partial charge is 0.490 e. The topological polar surface area (TPSA) is 75.2 Å². The second-order valence-corrected chi connectivity index (χ2v) is 2.80. The number of H-pyrrole nitrogens is 1. The Kier molecular flexibility index (Phi) is 2.37. The lowest BCUT2D eigenvalue weighted by molar-refractivity contribution is 0.389. The van der Waals surface area contributed by atoms with Crippen LogP contribution in [0.3, 0.4) is 0 Å². The summed E-state index contributed by atoms with van der Waals surface area (Å²) in [5, 5.41) is 9.30. The number of aromatic nitrogens is 2. The molecule has 0 aliphatic heterocycles. The van der Waals surface area contributed by atoms with E-state index in [1.807, 2.05) is 6.07 Å². The van der Waals surface area contributed by atoms with Crippen LogP contribution in [0.1, 0.15) is 0 Å². The van der Waals surface area contributed by atoms with Crippen molar-refractivity contribution in [3.63, 3.8) is 0 Å². The van der Waals surface area contributed by atoms with Crippen molar-refractivity contribution in [3.05, 3.63) is 47.0 Å². The van der Waals surface area contributed by atoms with E-state index in [1.54, 1.807) is 24.3 Å². The molecule has 5 heteroatoms. The quantitative estimate of drug-likeness (QED) is 0.772. The van der Waals surface area contributed by atoms with E-state index in [-0.39, 0.29) is 5.75 Å². The number of aromatic hydroxyl groups is 1. The van der Waals surface area contributed by atoms with Crippen LogP contribution in [0.25, 0.3) is 0 Å². The van der Waals surface area contributed by atoms with Gasteiger partial charge < -0.3 is 14.8 Å². The smallest absolute Gasteiger partial charge is 0.297 e. The average Bonchev–Trinajstić information content (AvgIpc) is 2.25. The molecule has 0 saturated heterocycles. The van der Waals surface area contributed by atoms with Crippen LogP contribution in [-0.2, 0) is 0 Å². The molecule has 0 atom stereocenters. The highest BCUT2D eigenvalue weighted by Gasteiger charge is 2.09. The van der Waals surface area contributed by atoms with E-state index in [4.69, 9.17) is 4.74 Å². The van der Waals surface area contributed by atoms with Gasteiger partial charge in [0.15, 0.2) is 0 Å². The summed E-state index contributed by atoms with van der Waals surface area (Å²) in [6.07, 6.45) is 1.11. The molecule has 0 spiro atoms. The van der Waals surface area contributed by atoms with Crippen LogP contribution in [0, 0.1) is 0 Å². The van der Waals surface area contributed by atoms with Crippen molar-refractivity contribution >= 4 is 0 Å². The summed E-state index contributed by atoms with van der Waals surface area (Å²) in [6.45, 7) is 0. The maximum atomic E-state index is 11.3. The Bertz CT molecular complexity index is 508. The van der Waals surface area contributed by atoms with Gasteiger partial charge in [-0.05, 0) is 12.1 Å². The molecular weight excluding hydrogens is 196 g/mol. The van der Waals surface area contributed by atoms with Gasteiger partial charge in [-0.3, -0.25) is 4.79 Å². The Hall–Kier alpha value is -2.30. The van der Waals surface area contributed by atoms with E-state index in [0.717, 1.165) is 6.33 Å². The summed E-state index contributed by atoms with van der Waals surface area (Å²) in [4.78, 5) is 17.1. The van der Waals surface area contributed by atoms with Gasteiger partial charge in [0.25, 0.3) is 17.2 Å². The fourth-order valence-corrected chi connectivity index (χ4v) is 1.08. The van der Waals surface area contributed by atoms with Crippen LogP contribution < -0.4 is 10.3 Å². The molecule has 0 unspecified atom stereocenters. The van der Waals surface area contributed by atoms with Crippen molar-refractivity contribution in [3.8, 4) is 17.4 Å². The number of aromatic amines is 1. The lowest BCUT2D eigenvalue weighted by atomic mass is 10.3. The van der Waals surface area contributed by atoms with Gasteiger partial charge in [-0.15, -0.1) is 0 Å². The minimum atomic E-state index is -0.522. The summed E-state index contributed by atoms with van der Waals surface area (Å²) >= 11 is 0. The second kappa shape index (κ2) is 3.83. The first kappa shape index (κ1) is 9.26. The van der Waals surface area contributed by atoms with E-state index in [0.29, 0.717) is 5.75 Å². The van der Waals surface area contributed by atoms with Crippen molar-refractivity contribution in [2.45, 2.75) is 0 Å². The van der Waals surface area contributed by atoms with Crippen molar-refractivity contribution < 1.29 is 9.84 Å². The van der Waals surface area contributed by atoms with Crippen LogP contribution >= 0.6 is 0 Å². The Morgan fingerprint density at radius 3 is 2.67 bits per heavy atom. The third kappa shape index (κ3) is 1.96. The maximum absolute atomic E-state index is 11.3. The number of rotatable bonds is 2. The van der Waals surface area contributed by atoms with Crippen LogP contribution in [-0.4, -0.2) is 15.1 Å². The Balaban J connectivity index is 2.37. The zero-order valence-corrected chi connectivity index (χ0v) is 7.68. The molecule has 2 N–H and O–H groups in total. The SMILES string of the molecule is O=c1[nH]cnc(O)c1Oc1ccccc1. The fraction of sp³-hybridized carbons (Fsp3) is 0. The Labute approximate surface area is 85.0 Å². The normalized spacial score (nSPS) is 9.87.